The summed E-state index contributed by atoms with van der Waals surface area (Å²) in [4.78, 5) is -1.36. The first kappa shape index (κ1) is 13.7. The maximum atomic E-state index is 11.2. The Labute approximate surface area is 108 Å². The van der Waals surface area contributed by atoms with Crippen molar-refractivity contribution >= 4 is 31.0 Å². The predicted molar refractivity (Wildman–Crippen MR) is 65.2 cm³/mol. The van der Waals surface area contributed by atoms with E-state index < -0.39 is 35.8 Å². The summed E-state index contributed by atoms with van der Waals surface area (Å²) in [6.07, 6.45) is 0. The van der Waals surface area contributed by atoms with Crippen molar-refractivity contribution < 1.29 is 31.0 Å². The van der Waals surface area contributed by atoms with Gasteiger partial charge in [0.25, 0.3) is 20.2 Å². The first-order valence-electron chi connectivity index (χ1n) is 4.81. The second kappa shape index (κ2) is 4.17. The highest BCUT2D eigenvalue weighted by molar-refractivity contribution is 7.86. The third kappa shape index (κ3) is 2.54. The molecule has 0 bridgehead atoms. The molecule has 2 rings (SSSR count). The van der Waals surface area contributed by atoms with E-state index in [1.807, 2.05) is 0 Å². The van der Waals surface area contributed by atoms with Crippen LogP contribution in [0.3, 0.4) is 0 Å². The summed E-state index contributed by atoms with van der Waals surface area (Å²) in [5.41, 5.74) is 0. The number of benzene rings is 2. The van der Waals surface area contributed by atoms with Gasteiger partial charge in [0.05, 0.1) is 4.90 Å². The van der Waals surface area contributed by atoms with Crippen LogP contribution < -0.4 is 0 Å². The number of fused-ring (bicyclic) bond motifs is 1. The second-order valence-electron chi connectivity index (χ2n) is 3.75. The highest BCUT2D eigenvalue weighted by Crippen LogP contribution is 2.32. The summed E-state index contributed by atoms with van der Waals surface area (Å²) in [6, 6.07) is 5.56. The van der Waals surface area contributed by atoms with Gasteiger partial charge in [-0.15, -0.1) is 0 Å². The second-order valence-corrected chi connectivity index (χ2v) is 6.53. The van der Waals surface area contributed by atoms with Crippen LogP contribution in [-0.2, 0) is 20.2 Å². The van der Waals surface area contributed by atoms with Crippen LogP contribution in [0.1, 0.15) is 0 Å². The summed E-state index contributed by atoms with van der Waals surface area (Å²) in [5, 5.41) is 9.55. The number of aromatic hydroxyl groups is 1. The van der Waals surface area contributed by atoms with Gasteiger partial charge in [0.15, 0.2) is 0 Å². The third-order valence-electron chi connectivity index (χ3n) is 2.48. The first-order valence-corrected chi connectivity index (χ1v) is 7.69. The van der Waals surface area contributed by atoms with E-state index in [1.54, 1.807) is 0 Å². The lowest BCUT2D eigenvalue weighted by atomic mass is 10.1. The van der Waals surface area contributed by atoms with E-state index in [0.29, 0.717) is 0 Å². The van der Waals surface area contributed by atoms with Crippen molar-refractivity contribution in [3.05, 3.63) is 30.3 Å². The molecule has 9 heteroatoms. The van der Waals surface area contributed by atoms with E-state index in [9.17, 15) is 21.9 Å². The molecule has 0 aromatic heterocycles. The molecule has 0 spiro atoms. The van der Waals surface area contributed by atoms with Gasteiger partial charge >= 0.3 is 0 Å². The highest BCUT2D eigenvalue weighted by atomic mass is 32.2. The lowest BCUT2D eigenvalue weighted by Crippen LogP contribution is -2.02. The minimum absolute atomic E-state index is 0.211. The van der Waals surface area contributed by atoms with Gasteiger partial charge in [-0.05, 0) is 23.6 Å². The average molecular weight is 304 g/mol. The zero-order valence-electron chi connectivity index (χ0n) is 9.18. The molecule has 0 heterocycles. The van der Waals surface area contributed by atoms with E-state index in [1.165, 1.54) is 12.1 Å². The zero-order valence-corrected chi connectivity index (χ0v) is 10.8. The van der Waals surface area contributed by atoms with Crippen LogP contribution in [0, 0.1) is 0 Å². The standard InChI is InChI=1S/C10H8O7S2/c11-9-4-2-6-1-3-7(18(12,13)14)5-8(6)10(9)19(15,16)17/h1-5,11H,(H,12,13,14)(H,15,16,17). The van der Waals surface area contributed by atoms with Gasteiger partial charge in [-0.3, -0.25) is 9.11 Å². The zero-order chi connectivity index (χ0) is 14.4. The Kier molecular flexibility index (Phi) is 3.01. The van der Waals surface area contributed by atoms with Crippen LogP contribution in [0.25, 0.3) is 10.8 Å². The van der Waals surface area contributed by atoms with Crippen molar-refractivity contribution in [2.24, 2.45) is 0 Å². The lowest BCUT2D eigenvalue weighted by Gasteiger charge is -2.07. The fourth-order valence-electron chi connectivity index (χ4n) is 1.69. The largest absolute Gasteiger partial charge is 0.506 e. The molecule has 0 aliphatic heterocycles. The van der Waals surface area contributed by atoms with Crippen molar-refractivity contribution in [3.63, 3.8) is 0 Å². The fourth-order valence-corrected chi connectivity index (χ4v) is 2.99. The number of phenolic OH excluding ortho intramolecular Hbond substituents is 1. The molecular formula is C10H8O7S2. The quantitative estimate of drug-likeness (QED) is 0.707. The van der Waals surface area contributed by atoms with Crippen LogP contribution in [0.15, 0.2) is 40.1 Å². The Bertz CT molecular complexity index is 866. The number of hydrogen-bond acceptors (Lipinski definition) is 5. The molecule has 0 aliphatic rings. The molecule has 0 amide bonds. The molecule has 102 valence electrons. The lowest BCUT2D eigenvalue weighted by molar-refractivity contribution is 0.445. The molecule has 0 atom stereocenters. The molecule has 0 fully saturated rings. The van der Waals surface area contributed by atoms with Gasteiger partial charge in [0.2, 0.25) is 0 Å². The molecule has 0 saturated carbocycles. The first-order chi connectivity index (χ1) is 8.60. The van der Waals surface area contributed by atoms with Crippen LogP contribution in [0.4, 0.5) is 0 Å². The molecule has 2 aromatic carbocycles. The normalized spacial score (nSPS) is 12.7. The van der Waals surface area contributed by atoms with E-state index in [-0.39, 0.29) is 10.8 Å². The van der Waals surface area contributed by atoms with Crippen molar-refractivity contribution in [2.45, 2.75) is 9.79 Å². The van der Waals surface area contributed by atoms with Crippen LogP contribution >= 0.6 is 0 Å². The smallest absolute Gasteiger partial charge is 0.298 e. The summed E-state index contributed by atoms with van der Waals surface area (Å²) in [5.74, 6) is -0.720. The average Bonchev–Trinajstić information content (AvgIpc) is 2.24. The maximum Gasteiger partial charge on any atom is 0.298 e. The third-order valence-corrected chi connectivity index (χ3v) is 4.27. The molecule has 2 aromatic rings. The molecule has 0 aliphatic carbocycles. The van der Waals surface area contributed by atoms with Gasteiger partial charge < -0.3 is 5.11 Å². The Morgan fingerprint density at radius 3 is 1.95 bits per heavy atom. The summed E-state index contributed by atoms with van der Waals surface area (Å²) in [7, 11) is -9.28. The monoisotopic (exact) mass is 304 g/mol. The van der Waals surface area contributed by atoms with Crippen molar-refractivity contribution in [1.82, 2.24) is 0 Å². The van der Waals surface area contributed by atoms with Gasteiger partial charge in [-0.2, -0.15) is 16.8 Å². The minimum Gasteiger partial charge on any atom is -0.506 e. The molecular weight excluding hydrogens is 296 g/mol. The molecule has 3 N–H and O–H groups in total. The van der Waals surface area contributed by atoms with Crippen molar-refractivity contribution in [3.8, 4) is 5.75 Å². The van der Waals surface area contributed by atoms with Crippen LogP contribution in [0.5, 0.6) is 5.75 Å². The molecule has 0 radical (unpaired) electrons. The van der Waals surface area contributed by atoms with Crippen molar-refractivity contribution in [2.75, 3.05) is 0 Å². The van der Waals surface area contributed by atoms with Gasteiger partial charge in [-0.1, -0.05) is 12.1 Å². The Hall–Kier alpha value is -1.68. The molecule has 19 heavy (non-hydrogen) atoms. The van der Waals surface area contributed by atoms with Crippen LogP contribution in [-0.4, -0.2) is 31.0 Å². The summed E-state index contributed by atoms with van der Waals surface area (Å²) in [6.45, 7) is 0. The maximum absolute atomic E-state index is 11.2. The van der Waals surface area contributed by atoms with Crippen LogP contribution in [0.2, 0.25) is 0 Å². The summed E-state index contributed by atoms with van der Waals surface area (Å²) < 4.78 is 62.4. The van der Waals surface area contributed by atoms with Gasteiger partial charge in [0.1, 0.15) is 10.6 Å². The highest BCUT2D eigenvalue weighted by Gasteiger charge is 2.21. The van der Waals surface area contributed by atoms with E-state index in [2.05, 4.69) is 0 Å². The molecule has 0 saturated heterocycles. The topological polar surface area (TPSA) is 129 Å². The summed E-state index contributed by atoms with van der Waals surface area (Å²) >= 11 is 0. The molecule has 0 unspecified atom stereocenters. The predicted octanol–water partition coefficient (Wildman–Crippen LogP) is 1.04. The fraction of sp³-hybridized carbons (Fsp3) is 0. The van der Waals surface area contributed by atoms with E-state index in [4.69, 9.17) is 9.11 Å². The number of rotatable bonds is 2. The van der Waals surface area contributed by atoms with Gasteiger partial charge in [-0.25, -0.2) is 0 Å². The Balaban J connectivity index is 2.99. The van der Waals surface area contributed by atoms with E-state index >= 15 is 0 Å². The minimum atomic E-state index is -4.75. The Morgan fingerprint density at radius 1 is 0.842 bits per heavy atom. The Morgan fingerprint density at radius 2 is 1.42 bits per heavy atom. The SMILES string of the molecule is O=S(=O)(O)c1ccc2ccc(O)c(S(=O)(=O)O)c2c1. The number of phenols is 1. The number of hydrogen-bond donors (Lipinski definition) is 3. The molecule has 7 nitrogen and oxygen atoms in total. The van der Waals surface area contributed by atoms with Gasteiger partial charge in [0, 0.05) is 5.39 Å². The van der Waals surface area contributed by atoms with Crippen molar-refractivity contribution in [1.29, 1.82) is 0 Å². The van der Waals surface area contributed by atoms with E-state index in [0.717, 1.165) is 18.2 Å².